The van der Waals surface area contributed by atoms with Gasteiger partial charge in [-0.25, -0.2) is 0 Å². The van der Waals surface area contributed by atoms with Crippen molar-refractivity contribution in [2.45, 2.75) is 5.75 Å². The van der Waals surface area contributed by atoms with E-state index in [1.165, 1.54) is 30.0 Å². The average molecular weight is 337 g/mol. The van der Waals surface area contributed by atoms with Crippen LogP contribution in [0.4, 0.5) is 11.4 Å². The first-order valence-corrected chi connectivity index (χ1v) is 7.95. The van der Waals surface area contributed by atoms with Crippen LogP contribution >= 0.6 is 23.4 Å². The van der Waals surface area contributed by atoms with Crippen LogP contribution in [-0.4, -0.2) is 16.6 Å². The fourth-order valence-corrected chi connectivity index (χ4v) is 2.75. The van der Waals surface area contributed by atoms with E-state index in [4.69, 9.17) is 11.6 Å². The summed E-state index contributed by atoms with van der Waals surface area (Å²) in [5.74, 6) is 0.607. The second kappa shape index (κ2) is 7.82. The summed E-state index contributed by atoms with van der Waals surface area (Å²) in [4.78, 5) is 22.3. The van der Waals surface area contributed by atoms with Gasteiger partial charge in [0.15, 0.2) is 0 Å². The molecule has 5 nitrogen and oxygen atoms in total. The summed E-state index contributed by atoms with van der Waals surface area (Å²) in [7, 11) is 0. The molecule has 0 bridgehead atoms. The molecule has 7 heteroatoms. The minimum atomic E-state index is -0.553. The van der Waals surface area contributed by atoms with E-state index in [1.54, 1.807) is 0 Å². The Balaban J connectivity index is 1.92. The second-order valence-electron chi connectivity index (χ2n) is 4.45. The van der Waals surface area contributed by atoms with Crippen LogP contribution in [0.25, 0.3) is 0 Å². The Labute approximate surface area is 136 Å². The van der Waals surface area contributed by atoms with Crippen molar-refractivity contribution in [3.63, 3.8) is 0 Å². The van der Waals surface area contributed by atoms with E-state index in [1.807, 2.05) is 30.3 Å². The molecule has 0 aliphatic heterocycles. The van der Waals surface area contributed by atoms with Crippen LogP contribution in [0.1, 0.15) is 5.56 Å². The first kappa shape index (κ1) is 16.3. The Morgan fingerprint density at radius 1 is 1.23 bits per heavy atom. The molecule has 0 unspecified atom stereocenters. The SMILES string of the molecule is O=C(CSCc1ccccc1)Nc1cc(Cl)ccc1[N+](=O)[O-]. The van der Waals surface area contributed by atoms with Crippen LogP contribution in [0.3, 0.4) is 0 Å². The summed E-state index contributed by atoms with van der Waals surface area (Å²) in [6, 6.07) is 13.8. The third kappa shape index (κ3) is 4.75. The first-order chi connectivity index (χ1) is 10.6. The van der Waals surface area contributed by atoms with Gasteiger partial charge in [-0.15, -0.1) is 11.8 Å². The van der Waals surface area contributed by atoms with E-state index in [0.29, 0.717) is 10.8 Å². The molecule has 0 aliphatic carbocycles. The number of thioether (sulfide) groups is 1. The van der Waals surface area contributed by atoms with Gasteiger partial charge in [0, 0.05) is 16.8 Å². The topological polar surface area (TPSA) is 72.2 Å². The molecule has 0 spiro atoms. The number of nitrogens with one attached hydrogen (secondary N) is 1. The molecule has 0 radical (unpaired) electrons. The number of hydrogen-bond acceptors (Lipinski definition) is 4. The highest BCUT2D eigenvalue weighted by molar-refractivity contribution is 7.99. The number of nitrogens with zero attached hydrogens (tertiary/aromatic N) is 1. The van der Waals surface area contributed by atoms with Crippen molar-refractivity contribution in [2.75, 3.05) is 11.1 Å². The molecule has 2 rings (SSSR count). The largest absolute Gasteiger partial charge is 0.320 e. The number of nitro groups is 1. The molecule has 1 amide bonds. The molecule has 2 aromatic rings. The van der Waals surface area contributed by atoms with Crippen LogP contribution < -0.4 is 5.32 Å². The summed E-state index contributed by atoms with van der Waals surface area (Å²) in [6.45, 7) is 0. The van der Waals surface area contributed by atoms with Gasteiger partial charge >= 0.3 is 0 Å². The lowest BCUT2D eigenvalue weighted by molar-refractivity contribution is -0.383. The Kier molecular flexibility index (Phi) is 5.80. The second-order valence-corrected chi connectivity index (χ2v) is 5.87. The van der Waals surface area contributed by atoms with Gasteiger partial charge in [0.05, 0.1) is 10.7 Å². The van der Waals surface area contributed by atoms with Crippen molar-refractivity contribution in [2.24, 2.45) is 0 Å². The normalized spacial score (nSPS) is 10.2. The van der Waals surface area contributed by atoms with Crippen LogP contribution in [-0.2, 0) is 10.5 Å². The van der Waals surface area contributed by atoms with Crippen molar-refractivity contribution in [3.8, 4) is 0 Å². The Morgan fingerprint density at radius 3 is 2.64 bits per heavy atom. The quantitative estimate of drug-likeness (QED) is 0.636. The number of halogens is 1. The lowest BCUT2D eigenvalue weighted by Gasteiger charge is -2.06. The van der Waals surface area contributed by atoms with E-state index in [2.05, 4.69) is 5.32 Å². The molecular formula is C15H13ClN2O3S. The predicted octanol–water partition coefficient (Wildman–Crippen LogP) is 4.12. The van der Waals surface area contributed by atoms with E-state index >= 15 is 0 Å². The number of rotatable bonds is 6. The number of nitro benzene ring substituents is 1. The average Bonchev–Trinajstić information content (AvgIpc) is 2.48. The number of amides is 1. The highest BCUT2D eigenvalue weighted by Gasteiger charge is 2.16. The van der Waals surface area contributed by atoms with Crippen LogP contribution in [0.5, 0.6) is 0 Å². The van der Waals surface area contributed by atoms with Crippen molar-refractivity contribution < 1.29 is 9.72 Å². The molecular weight excluding hydrogens is 324 g/mol. The maximum Gasteiger partial charge on any atom is 0.292 e. The third-order valence-corrected chi connectivity index (χ3v) is 4.01. The zero-order chi connectivity index (χ0) is 15.9. The van der Waals surface area contributed by atoms with Crippen molar-refractivity contribution in [1.29, 1.82) is 0 Å². The van der Waals surface area contributed by atoms with Gasteiger partial charge in [-0.1, -0.05) is 41.9 Å². The van der Waals surface area contributed by atoms with Gasteiger partial charge in [-0.2, -0.15) is 0 Å². The maximum absolute atomic E-state index is 11.9. The molecule has 0 aliphatic rings. The maximum atomic E-state index is 11.9. The lowest BCUT2D eigenvalue weighted by Crippen LogP contribution is -2.15. The molecule has 2 aromatic carbocycles. The minimum Gasteiger partial charge on any atom is -0.320 e. The fraction of sp³-hybridized carbons (Fsp3) is 0.133. The highest BCUT2D eigenvalue weighted by atomic mass is 35.5. The Hall–Kier alpha value is -2.05. The fourth-order valence-electron chi connectivity index (χ4n) is 1.79. The van der Waals surface area contributed by atoms with Crippen molar-refractivity contribution >= 4 is 40.6 Å². The summed E-state index contributed by atoms with van der Waals surface area (Å²) in [5, 5.41) is 13.8. The Bertz CT molecular complexity index is 680. The number of benzene rings is 2. The van der Waals surface area contributed by atoms with E-state index < -0.39 is 4.92 Å². The smallest absolute Gasteiger partial charge is 0.292 e. The third-order valence-electron chi connectivity index (χ3n) is 2.77. The summed E-state index contributed by atoms with van der Waals surface area (Å²) < 4.78 is 0. The van der Waals surface area contributed by atoms with Crippen molar-refractivity contribution in [3.05, 3.63) is 69.2 Å². The van der Waals surface area contributed by atoms with Crippen LogP contribution in [0.15, 0.2) is 48.5 Å². The van der Waals surface area contributed by atoms with E-state index in [-0.39, 0.29) is 23.0 Å². The number of hydrogen-bond donors (Lipinski definition) is 1. The lowest BCUT2D eigenvalue weighted by atomic mass is 10.2. The predicted molar refractivity (Wildman–Crippen MR) is 89.3 cm³/mol. The summed E-state index contributed by atoms with van der Waals surface area (Å²) in [6.07, 6.45) is 0. The zero-order valence-corrected chi connectivity index (χ0v) is 13.1. The van der Waals surface area contributed by atoms with Crippen LogP contribution in [0.2, 0.25) is 5.02 Å². The first-order valence-electron chi connectivity index (χ1n) is 6.42. The molecule has 0 fully saturated rings. The summed E-state index contributed by atoms with van der Waals surface area (Å²) in [5.41, 5.74) is 1.06. The number of carbonyl (C=O) groups excluding carboxylic acids is 1. The highest BCUT2D eigenvalue weighted by Crippen LogP contribution is 2.27. The van der Waals surface area contributed by atoms with Gasteiger partial charge < -0.3 is 5.32 Å². The van der Waals surface area contributed by atoms with Gasteiger partial charge in [-0.3, -0.25) is 14.9 Å². The molecule has 0 saturated carbocycles. The summed E-state index contributed by atoms with van der Waals surface area (Å²) >= 11 is 7.25. The van der Waals surface area contributed by atoms with E-state index in [0.717, 1.165) is 5.56 Å². The molecule has 0 aromatic heterocycles. The van der Waals surface area contributed by atoms with Gasteiger partial charge in [-0.05, 0) is 17.7 Å². The molecule has 0 heterocycles. The van der Waals surface area contributed by atoms with Gasteiger partial charge in [0.1, 0.15) is 5.69 Å². The molecule has 114 valence electrons. The number of carbonyl (C=O) groups is 1. The Morgan fingerprint density at radius 2 is 1.95 bits per heavy atom. The minimum absolute atomic E-state index is 0.114. The molecule has 22 heavy (non-hydrogen) atoms. The monoisotopic (exact) mass is 336 g/mol. The van der Waals surface area contributed by atoms with E-state index in [9.17, 15) is 14.9 Å². The number of anilines is 1. The van der Waals surface area contributed by atoms with Crippen molar-refractivity contribution in [1.82, 2.24) is 0 Å². The molecule has 1 N–H and O–H groups in total. The van der Waals surface area contributed by atoms with Gasteiger partial charge in [0.25, 0.3) is 5.69 Å². The molecule has 0 saturated heterocycles. The zero-order valence-electron chi connectivity index (χ0n) is 11.5. The standard InChI is InChI=1S/C15H13ClN2O3S/c16-12-6-7-14(18(20)21)13(8-12)17-15(19)10-22-9-11-4-2-1-3-5-11/h1-8H,9-10H2,(H,17,19). The van der Waals surface area contributed by atoms with Gasteiger partial charge in [0.2, 0.25) is 5.91 Å². The molecule has 0 atom stereocenters. The van der Waals surface area contributed by atoms with Crippen LogP contribution in [0, 0.1) is 10.1 Å².